The van der Waals surface area contributed by atoms with E-state index in [0.29, 0.717) is 24.3 Å². The van der Waals surface area contributed by atoms with Crippen molar-refractivity contribution in [3.05, 3.63) is 23.3 Å². The van der Waals surface area contributed by atoms with Gasteiger partial charge in [-0.15, -0.1) is 0 Å². The highest BCUT2D eigenvalue weighted by Gasteiger charge is 2.60. The lowest BCUT2D eigenvalue weighted by Crippen LogP contribution is -2.63. The van der Waals surface area contributed by atoms with Crippen LogP contribution in [0, 0.1) is 17.8 Å². The van der Waals surface area contributed by atoms with Crippen molar-refractivity contribution in [1.82, 2.24) is 0 Å². The minimum atomic E-state index is -2.55. The van der Waals surface area contributed by atoms with Gasteiger partial charge in [-0.1, -0.05) is 13.3 Å². The molecular formula is C25H34N2O7. The van der Waals surface area contributed by atoms with E-state index in [1.54, 1.807) is 6.07 Å². The first kappa shape index (κ1) is 25.8. The summed E-state index contributed by atoms with van der Waals surface area (Å²) < 4.78 is 5.90. The molecule has 0 radical (unpaired) electrons. The van der Waals surface area contributed by atoms with Crippen LogP contribution in [0.1, 0.15) is 54.9 Å². The molecule has 2 aliphatic rings. The Kier molecular flexibility index (Phi) is 7.77. The summed E-state index contributed by atoms with van der Waals surface area (Å²) in [5, 5.41) is 20.9. The van der Waals surface area contributed by atoms with Gasteiger partial charge in [-0.3, -0.25) is 19.2 Å². The number of primary amides is 1. The number of ether oxygens (including phenoxy) is 1. The maximum atomic E-state index is 13.8. The molecule has 0 heterocycles. The summed E-state index contributed by atoms with van der Waals surface area (Å²) in [6.07, 6.45) is 1.44. The van der Waals surface area contributed by atoms with Crippen LogP contribution in [0.25, 0.3) is 0 Å². The Hall–Kier alpha value is -2.78. The van der Waals surface area contributed by atoms with Crippen LogP contribution >= 0.6 is 0 Å². The molecule has 0 bridgehead atoms. The second-order valence-electron chi connectivity index (χ2n) is 9.48. The fourth-order valence-electron chi connectivity index (χ4n) is 5.37. The van der Waals surface area contributed by atoms with E-state index in [4.69, 9.17) is 10.5 Å². The number of hydrogen-bond donors (Lipinski definition) is 3. The van der Waals surface area contributed by atoms with Crippen molar-refractivity contribution in [1.29, 1.82) is 0 Å². The van der Waals surface area contributed by atoms with Crippen LogP contribution < -0.4 is 15.4 Å². The number of hydrogen-bond acceptors (Lipinski definition) is 8. The van der Waals surface area contributed by atoms with E-state index in [1.807, 2.05) is 32.0 Å². The van der Waals surface area contributed by atoms with Crippen molar-refractivity contribution in [2.24, 2.45) is 23.5 Å². The van der Waals surface area contributed by atoms with Crippen LogP contribution in [0.5, 0.6) is 5.75 Å². The number of fused-ring (bicyclic) bond motifs is 2. The number of nitrogens with two attached hydrogens (primary N) is 1. The predicted octanol–water partition coefficient (Wildman–Crippen LogP) is 1.05. The molecule has 0 aliphatic heterocycles. The van der Waals surface area contributed by atoms with Crippen LogP contribution in [-0.2, 0) is 20.8 Å². The molecule has 1 aromatic rings. The first-order valence-electron chi connectivity index (χ1n) is 11.8. The van der Waals surface area contributed by atoms with Gasteiger partial charge in [0.05, 0.1) is 24.5 Å². The Labute approximate surface area is 199 Å². The molecule has 1 amide bonds. The molecule has 3 rings (SSSR count). The van der Waals surface area contributed by atoms with Crippen molar-refractivity contribution < 1.29 is 34.1 Å². The largest absolute Gasteiger partial charge is 0.493 e. The number of rotatable bonds is 10. The summed E-state index contributed by atoms with van der Waals surface area (Å²) in [5.74, 6) is -5.63. The third-order valence-electron chi connectivity index (χ3n) is 7.03. The fraction of sp³-hybridized carbons (Fsp3) is 0.600. The molecule has 1 unspecified atom stereocenters. The topological polar surface area (TPSA) is 147 Å². The zero-order valence-electron chi connectivity index (χ0n) is 20.0. The molecule has 1 fully saturated rings. The van der Waals surface area contributed by atoms with Gasteiger partial charge in [0.25, 0.3) is 0 Å². The van der Waals surface area contributed by atoms with Crippen molar-refractivity contribution in [3.63, 3.8) is 0 Å². The average molecular weight is 475 g/mol. The van der Waals surface area contributed by atoms with Crippen LogP contribution in [0.4, 0.5) is 5.69 Å². The number of amides is 1. The van der Waals surface area contributed by atoms with Gasteiger partial charge < -0.3 is 25.6 Å². The number of unbranched alkanes of at least 4 members (excludes halogenated alkanes) is 1. The summed E-state index contributed by atoms with van der Waals surface area (Å²) in [6, 6.07) is 3.60. The zero-order chi connectivity index (χ0) is 25.2. The number of anilines is 1. The fourth-order valence-corrected chi connectivity index (χ4v) is 5.37. The lowest BCUT2D eigenvalue weighted by Gasteiger charge is -2.46. The normalized spacial score (nSPS) is 26.0. The summed E-state index contributed by atoms with van der Waals surface area (Å²) in [7, 11) is 3.73. The molecular weight excluding hydrogens is 440 g/mol. The van der Waals surface area contributed by atoms with E-state index in [2.05, 4.69) is 0 Å². The highest BCUT2D eigenvalue weighted by molar-refractivity contribution is 6.24. The molecule has 1 aromatic carbocycles. The van der Waals surface area contributed by atoms with Crippen LogP contribution in [0.2, 0.25) is 0 Å². The highest BCUT2D eigenvalue weighted by Crippen LogP contribution is 2.49. The Morgan fingerprint density at radius 1 is 1.26 bits per heavy atom. The highest BCUT2D eigenvalue weighted by atomic mass is 16.5. The molecule has 0 aromatic heterocycles. The van der Waals surface area contributed by atoms with Crippen molar-refractivity contribution in [3.8, 4) is 5.75 Å². The molecule has 4 N–H and O–H groups in total. The molecule has 1 saturated carbocycles. The number of aliphatic hydroxyl groups excluding tert-OH is 1. The number of nitrogens with zero attached hydrogens (tertiary/aromatic N) is 1. The van der Waals surface area contributed by atoms with Gasteiger partial charge in [0.1, 0.15) is 5.75 Å². The number of Topliss-reactive ketones (excluding diaryl/α,β-unsaturated/α-hetero) is 3. The quantitative estimate of drug-likeness (QED) is 0.337. The molecule has 9 heteroatoms. The van der Waals surface area contributed by atoms with E-state index in [0.717, 1.165) is 24.1 Å². The summed E-state index contributed by atoms with van der Waals surface area (Å²) in [6.45, 7) is 2.08. The molecule has 0 saturated heterocycles. The van der Waals surface area contributed by atoms with Gasteiger partial charge in [0, 0.05) is 32.3 Å². The van der Waals surface area contributed by atoms with Crippen molar-refractivity contribution in [2.45, 2.75) is 51.0 Å². The van der Waals surface area contributed by atoms with Gasteiger partial charge in [-0.2, -0.15) is 0 Å². The van der Waals surface area contributed by atoms with Crippen molar-refractivity contribution >= 4 is 28.9 Å². The Morgan fingerprint density at radius 3 is 2.56 bits per heavy atom. The lowest BCUT2D eigenvalue weighted by atomic mass is 9.57. The van der Waals surface area contributed by atoms with E-state index < -0.39 is 53.0 Å². The molecule has 186 valence electrons. The predicted molar refractivity (Wildman–Crippen MR) is 125 cm³/mol. The lowest BCUT2D eigenvalue weighted by molar-refractivity contribution is -0.167. The van der Waals surface area contributed by atoms with Gasteiger partial charge in [-0.05, 0) is 49.3 Å². The first-order valence-corrected chi connectivity index (χ1v) is 11.8. The number of aliphatic hydroxyl groups is 2. The van der Waals surface area contributed by atoms with E-state index in [-0.39, 0.29) is 19.4 Å². The molecule has 34 heavy (non-hydrogen) atoms. The maximum Gasteiger partial charge on any atom is 0.225 e. The second kappa shape index (κ2) is 10.2. The SMILES string of the molecule is CCCCOc1ccc(N(C)C)c2c1C(=O)C1C(=O)[C@](O)(C(=O)CC(N)=O)[C@H](CCO)C[C@@H]1C2. The average Bonchev–Trinajstić information content (AvgIpc) is 2.76. The summed E-state index contributed by atoms with van der Waals surface area (Å²) in [5.41, 5.74) is 4.52. The Morgan fingerprint density at radius 2 is 1.97 bits per heavy atom. The molecule has 9 nitrogen and oxygen atoms in total. The van der Waals surface area contributed by atoms with Gasteiger partial charge >= 0.3 is 0 Å². The van der Waals surface area contributed by atoms with E-state index in [9.17, 15) is 29.4 Å². The third kappa shape index (κ3) is 4.46. The summed E-state index contributed by atoms with van der Waals surface area (Å²) >= 11 is 0. The second-order valence-corrected chi connectivity index (χ2v) is 9.48. The van der Waals surface area contributed by atoms with Crippen molar-refractivity contribution in [2.75, 3.05) is 32.2 Å². The maximum absolute atomic E-state index is 13.8. The Balaban J connectivity index is 2.10. The minimum Gasteiger partial charge on any atom is -0.493 e. The Bertz CT molecular complexity index is 990. The molecule has 0 spiro atoms. The van der Waals surface area contributed by atoms with E-state index in [1.165, 1.54) is 0 Å². The number of ketones is 3. The zero-order valence-corrected chi connectivity index (χ0v) is 20.0. The van der Waals surface area contributed by atoms with Gasteiger partial charge in [0.2, 0.25) is 5.91 Å². The number of carbonyl (C=O) groups excluding carboxylic acids is 4. The van der Waals surface area contributed by atoms with Gasteiger partial charge in [0.15, 0.2) is 23.0 Å². The standard InChI is InChI=1S/C25H34N2O7/c1-4-5-10-34-18-7-6-17(27(2)3)16-12-14-11-15(8-9-28)25(33,19(29)13-20(26)30)24(32)21(14)23(31)22(16)18/h6-7,14-15,21,28,33H,4-5,8-13H2,1-3H3,(H2,26,30)/t14-,15-,21?,25-/m1/s1. The monoisotopic (exact) mass is 474 g/mol. The smallest absolute Gasteiger partial charge is 0.225 e. The minimum absolute atomic E-state index is 0.0162. The van der Waals surface area contributed by atoms with Crippen LogP contribution in [0.3, 0.4) is 0 Å². The number of carbonyl (C=O) groups is 4. The van der Waals surface area contributed by atoms with Gasteiger partial charge in [-0.25, -0.2) is 0 Å². The molecule has 4 atom stereocenters. The van der Waals surface area contributed by atoms with Crippen LogP contribution in [-0.4, -0.2) is 66.4 Å². The van der Waals surface area contributed by atoms with Crippen LogP contribution in [0.15, 0.2) is 12.1 Å². The summed E-state index contributed by atoms with van der Waals surface area (Å²) in [4.78, 5) is 53.6. The number of benzene rings is 1. The molecule has 2 aliphatic carbocycles. The third-order valence-corrected chi connectivity index (χ3v) is 7.03. The van der Waals surface area contributed by atoms with E-state index >= 15 is 0 Å². The first-order chi connectivity index (χ1) is 16.1.